The van der Waals surface area contributed by atoms with E-state index in [2.05, 4.69) is 26.1 Å². The summed E-state index contributed by atoms with van der Waals surface area (Å²) in [6, 6.07) is 15.7. The highest BCUT2D eigenvalue weighted by molar-refractivity contribution is 5.95. The predicted molar refractivity (Wildman–Crippen MR) is 152 cm³/mol. The number of hydrogen-bond acceptors (Lipinski definition) is 5. The Bertz CT molecular complexity index is 1030. The van der Waals surface area contributed by atoms with Crippen LogP contribution in [0.5, 0.6) is 5.75 Å². The molecule has 208 valence electrons. The van der Waals surface area contributed by atoms with Gasteiger partial charge in [0.25, 0.3) is 5.91 Å². The molecule has 3 rings (SSSR count). The lowest BCUT2D eigenvalue weighted by atomic mass is 9.93. The molecule has 1 aliphatic rings. The van der Waals surface area contributed by atoms with Gasteiger partial charge >= 0.3 is 0 Å². The fraction of sp³-hybridized carbons (Fsp3) is 0.548. The molecule has 2 amide bonds. The number of nitrogens with one attached hydrogen (secondary N) is 1. The molecule has 0 radical (unpaired) electrons. The van der Waals surface area contributed by atoms with E-state index in [0.717, 1.165) is 42.8 Å². The van der Waals surface area contributed by atoms with Crippen molar-refractivity contribution in [3.8, 4) is 5.75 Å². The summed E-state index contributed by atoms with van der Waals surface area (Å²) < 4.78 is 11.1. The first-order valence-electron chi connectivity index (χ1n) is 13.9. The number of likely N-dealkylation sites (N-methyl/N-ethyl adjacent to an activating group) is 1. The van der Waals surface area contributed by atoms with Crippen LogP contribution in [0.4, 0.5) is 0 Å². The average molecular weight is 524 g/mol. The van der Waals surface area contributed by atoms with Gasteiger partial charge in [-0.05, 0) is 55.4 Å². The summed E-state index contributed by atoms with van der Waals surface area (Å²) in [5.74, 6) is 1.47. The molecule has 0 aromatic heterocycles. The summed E-state index contributed by atoms with van der Waals surface area (Å²) in [6.07, 6.45) is 2.05. The molecule has 1 saturated heterocycles. The van der Waals surface area contributed by atoms with E-state index >= 15 is 0 Å². The van der Waals surface area contributed by atoms with Crippen molar-refractivity contribution in [3.05, 3.63) is 65.2 Å². The third-order valence-electron chi connectivity index (χ3n) is 7.37. The van der Waals surface area contributed by atoms with E-state index < -0.39 is 0 Å². The topological polar surface area (TPSA) is 71.1 Å². The second kappa shape index (κ2) is 14.9. The summed E-state index contributed by atoms with van der Waals surface area (Å²) in [4.78, 5) is 30.4. The lowest BCUT2D eigenvalue weighted by Gasteiger charge is -2.33. The highest BCUT2D eigenvalue weighted by Crippen LogP contribution is 2.25. The van der Waals surface area contributed by atoms with Gasteiger partial charge in [0.15, 0.2) is 0 Å². The number of carbonyl (C=O) groups is 2. The van der Waals surface area contributed by atoms with Gasteiger partial charge in [-0.1, -0.05) is 43.3 Å². The fourth-order valence-electron chi connectivity index (χ4n) is 5.02. The van der Waals surface area contributed by atoms with E-state index in [1.165, 1.54) is 0 Å². The van der Waals surface area contributed by atoms with E-state index in [1.807, 2.05) is 65.4 Å². The zero-order chi connectivity index (χ0) is 27.5. The molecule has 2 aromatic rings. The molecule has 38 heavy (non-hydrogen) atoms. The third kappa shape index (κ3) is 8.30. The van der Waals surface area contributed by atoms with E-state index in [4.69, 9.17) is 9.47 Å². The van der Waals surface area contributed by atoms with E-state index in [9.17, 15) is 9.59 Å². The molecule has 1 N–H and O–H groups in total. The SMILES string of the molecule is CCc1ccc(C(=O)N(CC2CNCC2CN(C)C(=O)Cc2ccccc2)C(C)C)cc1OCCCOC. The number of hydrogen-bond donors (Lipinski definition) is 1. The Morgan fingerprint density at radius 2 is 1.74 bits per heavy atom. The first kappa shape index (κ1) is 29.7. The zero-order valence-corrected chi connectivity index (χ0v) is 23.7. The van der Waals surface area contributed by atoms with E-state index in [1.54, 1.807) is 7.11 Å². The lowest BCUT2D eigenvalue weighted by Crippen LogP contribution is -2.44. The van der Waals surface area contributed by atoms with Crippen molar-refractivity contribution in [2.24, 2.45) is 11.8 Å². The van der Waals surface area contributed by atoms with Crippen molar-refractivity contribution in [3.63, 3.8) is 0 Å². The number of amides is 2. The standard InChI is InChI=1S/C31H45N3O4/c1-6-25-13-14-26(18-29(25)38-16-10-15-37-5)31(36)34(23(2)3)22-28-20-32-19-27(28)21-33(4)30(35)17-24-11-8-7-9-12-24/h7-9,11-14,18,23,27-28,32H,6,10,15-17,19-22H2,1-5H3. The smallest absolute Gasteiger partial charge is 0.254 e. The summed E-state index contributed by atoms with van der Waals surface area (Å²) in [5, 5.41) is 3.49. The molecular formula is C31H45N3O4. The molecule has 0 aliphatic carbocycles. The van der Waals surface area contributed by atoms with Crippen molar-refractivity contribution in [1.29, 1.82) is 0 Å². The van der Waals surface area contributed by atoms with Gasteiger partial charge in [0.2, 0.25) is 5.91 Å². The van der Waals surface area contributed by atoms with Gasteiger partial charge in [0.1, 0.15) is 5.75 Å². The summed E-state index contributed by atoms with van der Waals surface area (Å²) in [6.45, 7) is 10.4. The van der Waals surface area contributed by atoms with Crippen LogP contribution in [0.15, 0.2) is 48.5 Å². The van der Waals surface area contributed by atoms with Crippen molar-refractivity contribution >= 4 is 11.8 Å². The van der Waals surface area contributed by atoms with Crippen LogP contribution in [0.25, 0.3) is 0 Å². The maximum Gasteiger partial charge on any atom is 0.254 e. The van der Waals surface area contributed by atoms with Crippen LogP contribution in [0.1, 0.15) is 48.7 Å². The fourth-order valence-corrected chi connectivity index (χ4v) is 5.02. The van der Waals surface area contributed by atoms with Crippen LogP contribution < -0.4 is 10.1 Å². The lowest BCUT2D eigenvalue weighted by molar-refractivity contribution is -0.129. The van der Waals surface area contributed by atoms with Crippen LogP contribution in [-0.2, 0) is 22.4 Å². The molecule has 0 saturated carbocycles. The van der Waals surface area contributed by atoms with E-state index in [0.29, 0.717) is 38.3 Å². The number of methoxy groups -OCH3 is 1. The molecule has 1 aliphatic heterocycles. The number of aryl methyl sites for hydroxylation is 1. The Hall–Kier alpha value is -2.90. The van der Waals surface area contributed by atoms with Crippen molar-refractivity contribution in [2.45, 2.75) is 46.1 Å². The molecule has 1 fully saturated rings. The highest BCUT2D eigenvalue weighted by Gasteiger charge is 2.33. The number of benzene rings is 2. The minimum atomic E-state index is 0.0172. The first-order valence-corrected chi connectivity index (χ1v) is 13.9. The van der Waals surface area contributed by atoms with Crippen LogP contribution in [0.2, 0.25) is 0 Å². The second-order valence-electron chi connectivity index (χ2n) is 10.5. The number of ether oxygens (including phenoxy) is 2. The minimum absolute atomic E-state index is 0.0172. The molecule has 2 aromatic carbocycles. The van der Waals surface area contributed by atoms with Crippen molar-refractivity contribution in [1.82, 2.24) is 15.1 Å². The number of rotatable bonds is 14. The van der Waals surface area contributed by atoms with Gasteiger partial charge in [-0.25, -0.2) is 0 Å². The van der Waals surface area contributed by atoms with Gasteiger partial charge < -0.3 is 24.6 Å². The largest absolute Gasteiger partial charge is 0.493 e. The van der Waals surface area contributed by atoms with Crippen molar-refractivity contribution < 1.29 is 19.1 Å². The Morgan fingerprint density at radius 1 is 1.03 bits per heavy atom. The second-order valence-corrected chi connectivity index (χ2v) is 10.5. The van der Waals surface area contributed by atoms with Crippen molar-refractivity contribution in [2.75, 3.05) is 53.6 Å². The molecular weight excluding hydrogens is 478 g/mol. The van der Waals surface area contributed by atoms with Crippen LogP contribution >= 0.6 is 0 Å². The molecule has 7 nitrogen and oxygen atoms in total. The van der Waals surface area contributed by atoms with Gasteiger partial charge in [-0.15, -0.1) is 0 Å². The maximum absolute atomic E-state index is 13.7. The normalized spacial score (nSPS) is 17.0. The molecule has 2 unspecified atom stereocenters. The van der Waals surface area contributed by atoms with Crippen LogP contribution in [-0.4, -0.2) is 81.2 Å². The minimum Gasteiger partial charge on any atom is -0.493 e. The quantitative estimate of drug-likeness (QED) is 0.378. The highest BCUT2D eigenvalue weighted by atomic mass is 16.5. The van der Waals surface area contributed by atoms with Crippen LogP contribution in [0, 0.1) is 11.8 Å². The average Bonchev–Trinajstić information content (AvgIpc) is 3.36. The summed E-state index contributed by atoms with van der Waals surface area (Å²) in [7, 11) is 3.57. The van der Waals surface area contributed by atoms with Crippen LogP contribution in [0.3, 0.4) is 0 Å². The monoisotopic (exact) mass is 523 g/mol. The molecule has 2 atom stereocenters. The van der Waals surface area contributed by atoms with E-state index in [-0.39, 0.29) is 29.7 Å². The predicted octanol–water partition coefficient (Wildman–Crippen LogP) is 4.05. The van der Waals surface area contributed by atoms with Gasteiger partial charge in [0, 0.05) is 65.0 Å². The Kier molecular flexibility index (Phi) is 11.6. The third-order valence-corrected chi connectivity index (χ3v) is 7.37. The van der Waals surface area contributed by atoms with Gasteiger partial charge in [-0.2, -0.15) is 0 Å². The Balaban J connectivity index is 1.65. The Morgan fingerprint density at radius 3 is 2.39 bits per heavy atom. The Labute approximate surface area is 228 Å². The number of carbonyl (C=O) groups excluding carboxylic acids is 2. The van der Waals surface area contributed by atoms with Gasteiger partial charge in [-0.3, -0.25) is 9.59 Å². The zero-order valence-electron chi connectivity index (χ0n) is 23.7. The molecule has 0 spiro atoms. The summed E-state index contributed by atoms with van der Waals surface area (Å²) >= 11 is 0. The first-order chi connectivity index (χ1) is 18.3. The maximum atomic E-state index is 13.7. The van der Waals surface area contributed by atoms with Gasteiger partial charge in [0.05, 0.1) is 13.0 Å². The molecule has 1 heterocycles. The molecule has 0 bridgehead atoms. The number of nitrogens with zero attached hydrogens (tertiary/aromatic N) is 2. The molecule has 7 heteroatoms. The summed E-state index contributed by atoms with van der Waals surface area (Å²) in [5.41, 5.74) is 2.77.